The van der Waals surface area contributed by atoms with Crippen LogP contribution in [0.5, 0.6) is 0 Å². The largest absolute Gasteiger partial charge is 0.381 e. The Bertz CT molecular complexity index is 251. The molecule has 5 heteroatoms. The van der Waals surface area contributed by atoms with Gasteiger partial charge in [0.25, 0.3) is 0 Å². The first kappa shape index (κ1) is 15.4. The molecule has 0 aromatic carbocycles. The molecule has 0 aromatic heterocycles. The number of nitrogens with two attached hydrogens (primary N) is 2. The molecule has 1 rings (SSSR count). The standard InChI is InChI=1S/C13H27N3O2/c1-3-10(2)8-16(9-14)13(17)12(15)11-4-6-18-7-5-11/h10-12H,3-9,14-15H2,1-2H3. The molecule has 2 unspecified atom stereocenters. The lowest BCUT2D eigenvalue weighted by molar-refractivity contribution is -0.135. The van der Waals surface area contributed by atoms with Gasteiger partial charge in [-0.2, -0.15) is 0 Å². The van der Waals surface area contributed by atoms with E-state index in [1.54, 1.807) is 4.90 Å². The predicted octanol–water partition coefficient (Wildman–Crippen LogP) is 0.531. The van der Waals surface area contributed by atoms with Crippen molar-refractivity contribution in [1.82, 2.24) is 4.90 Å². The Morgan fingerprint density at radius 1 is 1.44 bits per heavy atom. The van der Waals surface area contributed by atoms with Gasteiger partial charge in [-0.1, -0.05) is 20.3 Å². The van der Waals surface area contributed by atoms with Crippen LogP contribution in [0.4, 0.5) is 0 Å². The van der Waals surface area contributed by atoms with Crippen LogP contribution in [0.1, 0.15) is 33.1 Å². The van der Waals surface area contributed by atoms with Crippen LogP contribution in [0, 0.1) is 11.8 Å². The first-order valence-electron chi connectivity index (χ1n) is 6.92. The quantitative estimate of drug-likeness (QED) is 0.680. The van der Waals surface area contributed by atoms with Crippen LogP contribution < -0.4 is 11.5 Å². The van der Waals surface area contributed by atoms with Crippen molar-refractivity contribution < 1.29 is 9.53 Å². The summed E-state index contributed by atoms with van der Waals surface area (Å²) in [6, 6.07) is -0.429. The van der Waals surface area contributed by atoms with Gasteiger partial charge in [0.15, 0.2) is 0 Å². The van der Waals surface area contributed by atoms with Crippen molar-refractivity contribution in [2.75, 3.05) is 26.4 Å². The number of hydrogen-bond acceptors (Lipinski definition) is 4. The molecule has 0 aliphatic carbocycles. The van der Waals surface area contributed by atoms with Crippen LogP contribution >= 0.6 is 0 Å². The summed E-state index contributed by atoms with van der Waals surface area (Å²) < 4.78 is 5.29. The molecule has 1 aliphatic rings. The highest BCUT2D eigenvalue weighted by molar-refractivity contribution is 5.82. The van der Waals surface area contributed by atoms with E-state index < -0.39 is 6.04 Å². The Balaban J connectivity index is 2.53. The maximum Gasteiger partial charge on any atom is 0.240 e. The molecule has 1 aliphatic heterocycles. The van der Waals surface area contributed by atoms with Crippen LogP contribution in [-0.2, 0) is 9.53 Å². The minimum Gasteiger partial charge on any atom is -0.381 e. The Morgan fingerprint density at radius 3 is 2.56 bits per heavy atom. The summed E-state index contributed by atoms with van der Waals surface area (Å²) in [5, 5.41) is 0. The molecule has 1 saturated heterocycles. The van der Waals surface area contributed by atoms with Crippen molar-refractivity contribution in [3.05, 3.63) is 0 Å². The van der Waals surface area contributed by atoms with Gasteiger partial charge in [0.05, 0.1) is 12.7 Å². The van der Waals surface area contributed by atoms with Gasteiger partial charge >= 0.3 is 0 Å². The zero-order valence-corrected chi connectivity index (χ0v) is 11.6. The Morgan fingerprint density at radius 2 is 2.06 bits per heavy atom. The normalized spacial score (nSPS) is 20.4. The fourth-order valence-electron chi connectivity index (χ4n) is 2.25. The zero-order valence-electron chi connectivity index (χ0n) is 11.6. The van der Waals surface area contributed by atoms with Crippen molar-refractivity contribution in [3.63, 3.8) is 0 Å². The highest BCUT2D eigenvalue weighted by Crippen LogP contribution is 2.19. The fraction of sp³-hybridized carbons (Fsp3) is 0.923. The van der Waals surface area contributed by atoms with Crippen molar-refractivity contribution in [2.45, 2.75) is 39.2 Å². The van der Waals surface area contributed by atoms with Crippen molar-refractivity contribution in [3.8, 4) is 0 Å². The zero-order chi connectivity index (χ0) is 13.5. The maximum atomic E-state index is 12.3. The van der Waals surface area contributed by atoms with Crippen LogP contribution in [0.25, 0.3) is 0 Å². The molecule has 1 amide bonds. The Kier molecular flexibility index (Phi) is 6.60. The van der Waals surface area contributed by atoms with Gasteiger partial charge in [-0.3, -0.25) is 4.79 Å². The third-order valence-corrected chi connectivity index (χ3v) is 3.82. The van der Waals surface area contributed by atoms with Crippen molar-refractivity contribution >= 4 is 5.91 Å². The second kappa shape index (κ2) is 7.71. The number of ether oxygens (including phenoxy) is 1. The van der Waals surface area contributed by atoms with Crippen molar-refractivity contribution in [2.24, 2.45) is 23.3 Å². The van der Waals surface area contributed by atoms with Gasteiger partial charge in [0.1, 0.15) is 0 Å². The van der Waals surface area contributed by atoms with Gasteiger partial charge in [-0.05, 0) is 24.7 Å². The highest BCUT2D eigenvalue weighted by atomic mass is 16.5. The maximum absolute atomic E-state index is 12.3. The molecule has 1 heterocycles. The summed E-state index contributed by atoms with van der Waals surface area (Å²) in [5.74, 6) is 0.682. The van der Waals surface area contributed by atoms with Gasteiger partial charge < -0.3 is 21.1 Å². The van der Waals surface area contributed by atoms with Crippen LogP contribution in [0.3, 0.4) is 0 Å². The molecule has 5 nitrogen and oxygen atoms in total. The van der Waals surface area contributed by atoms with E-state index in [0.29, 0.717) is 25.7 Å². The molecule has 0 bridgehead atoms. The summed E-state index contributed by atoms with van der Waals surface area (Å²) in [6.07, 6.45) is 2.78. The predicted molar refractivity (Wildman–Crippen MR) is 71.7 cm³/mol. The van der Waals surface area contributed by atoms with Gasteiger partial charge in [-0.25, -0.2) is 0 Å². The monoisotopic (exact) mass is 257 g/mol. The first-order chi connectivity index (χ1) is 8.60. The molecule has 18 heavy (non-hydrogen) atoms. The summed E-state index contributed by atoms with van der Waals surface area (Å²) in [7, 11) is 0. The second-order valence-electron chi connectivity index (χ2n) is 5.23. The SMILES string of the molecule is CCC(C)CN(CN)C(=O)C(N)C1CCOCC1. The van der Waals surface area contributed by atoms with E-state index in [4.69, 9.17) is 16.2 Å². The lowest BCUT2D eigenvalue weighted by Gasteiger charge is -2.32. The molecule has 0 saturated carbocycles. The lowest BCUT2D eigenvalue weighted by atomic mass is 9.91. The lowest BCUT2D eigenvalue weighted by Crippen LogP contribution is -2.51. The number of nitrogens with zero attached hydrogens (tertiary/aromatic N) is 1. The molecule has 4 N–H and O–H groups in total. The summed E-state index contributed by atoms with van der Waals surface area (Å²) in [5.41, 5.74) is 11.8. The molecule has 1 fully saturated rings. The van der Waals surface area contributed by atoms with E-state index in [-0.39, 0.29) is 18.5 Å². The number of rotatable bonds is 6. The molecule has 0 aromatic rings. The smallest absolute Gasteiger partial charge is 0.240 e. The van der Waals surface area contributed by atoms with Gasteiger partial charge in [0, 0.05) is 19.8 Å². The first-order valence-corrected chi connectivity index (χ1v) is 6.92. The van der Waals surface area contributed by atoms with Crippen LogP contribution in [0.15, 0.2) is 0 Å². The summed E-state index contributed by atoms with van der Waals surface area (Å²) in [4.78, 5) is 14.0. The molecule has 0 spiro atoms. The number of hydrogen-bond donors (Lipinski definition) is 2. The van der Waals surface area contributed by atoms with Crippen molar-refractivity contribution in [1.29, 1.82) is 0 Å². The minimum atomic E-state index is -0.429. The van der Waals surface area contributed by atoms with E-state index in [1.165, 1.54) is 0 Å². The number of carbonyl (C=O) groups excluding carboxylic acids is 1. The highest BCUT2D eigenvalue weighted by Gasteiger charge is 2.29. The summed E-state index contributed by atoms with van der Waals surface area (Å²) in [6.45, 7) is 6.60. The molecule has 0 radical (unpaired) electrons. The van der Waals surface area contributed by atoms with E-state index in [2.05, 4.69) is 13.8 Å². The fourth-order valence-corrected chi connectivity index (χ4v) is 2.25. The van der Waals surface area contributed by atoms with Crippen LogP contribution in [-0.4, -0.2) is 43.3 Å². The topological polar surface area (TPSA) is 81.6 Å². The molecule has 2 atom stereocenters. The summed E-state index contributed by atoms with van der Waals surface area (Å²) >= 11 is 0. The molecular weight excluding hydrogens is 230 g/mol. The Labute approximate surface area is 110 Å². The third kappa shape index (κ3) is 4.23. The van der Waals surface area contributed by atoms with E-state index in [0.717, 1.165) is 19.3 Å². The third-order valence-electron chi connectivity index (χ3n) is 3.82. The average Bonchev–Trinajstić information content (AvgIpc) is 2.43. The van der Waals surface area contributed by atoms with E-state index in [1.807, 2.05) is 0 Å². The van der Waals surface area contributed by atoms with Crippen LogP contribution in [0.2, 0.25) is 0 Å². The van der Waals surface area contributed by atoms with Gasteiger partial charge in [-0.15, -0.1) is 0 Å². The van der Waals surface area contributed by atoms with E-state index in [9.17, 15) is 4.79 Å². The average molecular weight is 257 g/mol. The molecular formula is C13H27N3O2. The van der Waals surface area contributed by atoms with E-state index >= 15 is 0 Å². The number of amides is 1. The van der Waals surface area contributed by atoms with Gasteiger partial charge in [0.2, 0.25) is 5.91 Å². The second-order valence-corrected chi connectivity index (χ2v) is 5.23. The number of carbonyl (C=O) groups is 1. The minimum absolute atomic E-state index is 0.00954. The molecule has 106 valence electrons. The Hall–Kier alpha value is -0.650.